The lowest BCUT2D eigenvalue weighted by Gasteiger charge is -2.20. The first-order valence-electron chi connectivity index (χ1n) is 12.0. The largest absolute Gasteiger partial charge is 0.506 e. The van der Waals surface area contributed by atoms with E-state index in [9.17, 15) is 30.4 Å². The summed E-state index contributed by atoms with van der Waals surface area (Å²) in [6.07, 6.45) is 0.927. The number of halogens is 1. The second-order valence-electron chi connectivity index (χ2n) is 8.54. The lowest BCUT2D eigenvalue weighted by Crippen LogP contribution is -2.30. The zero-order chi connectivity index (χ0) is 30.6. The van der Waals surface area contributed by atoms with E-state index >= 15 is 0 Å². The normalized spacial score (nSPS) is 12.8. The van der Waals surface area contributed by atoms with Crippen molar-refractivity contribution in [3.63, 3.8) is 0 Å². The number of aromatic hydroxyl groups is 1. The minimum Gasteiger partial charge on any atom is -0.506 e. The van der Waals surface area contributed by atoms with Crippen LogP contribution in [-0.2, 0) is 33.8 Å². The quantitative estimate of drug-likeness (QED) is 0.155. The third kappa shape index (κ3) is 7.64. The van der Waals surface area contributed by atoms with Crippen molar-refractivity contribution in [2.24, 2.45) is 10.2 Å². The first-order chi connectivity index (χ1) is 19.1. The molecule has 3 aromatic carbocycles. The molecule has 0 radical (unpaired) electrons. The van der Waals surface area contributed by atoms with Crippen LogP contribution in [0, 0.1) is 0 Å². The number of anilines is 1. The summed E-state index contributed by atoms with van der Waals surface area (Å²) >= 11 is 0. The van der Waals surface area contributed by atoms with E-state index in [1.807, 2.05) is 0 Å². The highest BCUT2D eigenvalue weighted by molar-refractivity contribution is 8.13. The maximum absolute atomic E-state index is 13.4. The second kappa shape index (κ2) is 12.9. The molecule has 0 atom stereocenters. The van der Waals surface area contributed by atoms with Gasteiger partial charge >= 0.3 is 0 Å². The van der Waals surface area contributed by atoms with Gasteiger partial charge in [-0.05, 0) is 30.3 Å². The zero-order valence-electron chi connectivity index (χ0n) is 22.5. The highest BCUT2D eigenvalue weighted by Gasteiger charge is 2.28. The van der Waals surface area contributed by atoms with Crippen molar-refractivity contribution in [2.75, 3.05) is 44.4 Å². The topological polar surface area (TPSA) is 181 Å². The van der Waals surface area contributed by atoms with Gasteiger partial charge < -0.3 is 14.6 Å². The molecule has 41 heavy (non-hydrogen) atoms. The minimum absolute atomic E-state index is 0.00578. The number of azo groups is 1. The standard InChI is InChI=1S/C24H29ClN4O9S3/c1-5-29(6-2)41(35,36)22-15-19(23-17(24(22)30)8-7-9-18(23)28-39(4,31)32)27-26-16-10-11-20(38-13-12-37-3)21(14-16)40(25,33)34/h7-11,14-15,28,30H,5-6,12-13H2,1-4H3/b27-26+. The molecule has 0 amide bonds. The molecule has 0 heterocycles. The zero-order valence-corrected chi connectivity index (χ0v) is 25.7. The molecule has 0 fully saturated rings. The first kappa shape index (κ1) is 32.5. The minimum atomic E-state index is -4.27. The summed E-state index contributed by atoms with van der Waals surface area (Å²) < 4.78 is 89.0. The molecule has 3 aromatic rings. The number of hydrogen-bond donors (Lipinski definition) is 2. The van der Waals surface area contributed by atoms with Crippen molar-refractivity contribution in [1.29, 1.82) is 0 Å². The van der Waals surface area contributed by atoms with E-state index in [0.717, 1.165) is 22.7 Å². The Bertz CT molecular complexity index is 1790. The Morgan fingerprint density at radius 1 is 0.951 bits per heavy atom. The van der Waals surface area contributed by atoms with Crippen LogP contribution in [0.25, 0.3) is 10.8 Å². The molecule has 0 saturated carbocycles. The van der Waals surface area contributed by atoms with Crippen LogP contribution in [0.1, 0.15) is 13.8 Å². The van der Waals surface area contributed by atoms with Crippen LogP contribution in [-0.4, -0.2) is 74.3 Å². The van der Waals surface area contributed by atoms with Crippen LogP contribution in [0.4, 0.5) is 17.1 Å². The van der Waals surface area contributed by atoms with Gasteiger partial charge in [0.15, 0.2) is 0 Å². The molecule has 0 unspecified atom stereocenters. The van der Waals surface area contributed by atoms with Crippen LogP contribution in [0.5, 0.6) is 11.5 Å². The predicted octanol–water partition coefficient (Wildman–Crippen LogP) is 4.32. The number of nitrogens with zero attached hydrogens (tertiary/aromatic N) is 3. The van der Waals surface area contributed by atoms with E-state index in [-0.39, 0.29) is 64.8 Å². The van der Waals surface area contributed by atoms with Crippen LogP contribution in [0.3, 0.4) is 0 Å². The van der Waals surface area contributed by atoms with E-state index < -0.39 is 39.7 Å². The molecule has 0 bridgehead atoms. The van der Waals surface area contributed by atoms with Crippen LogP contribution in [0.2, 0.25) is 0 Å². The lowest BCUT2D eigenvalue weighted by atomic mass is 10.1. The summed E-state index contributed by atoms with van der Waals surface area (Å²) in [4.78, 5) is -0.850. The number of sulfonamides is 2. The summed E-state index contributed by atoms with van der Waals surface area (Å²) in [6, 6.07) is 9.14. The molecule has 0 aromatic heterocycles. The fourth-order valence-corrected chi connectivity index (χ4v) is 7.03. The summed E-state index contributed by atoms with van der Waals surface area (Å²) in [5.74, 6) is -0.644. The van der Waals surface area contributed by atoms with Gasteiger partial charge in [-0.15, -0.1) is 5.11 Å². The number of rotatable bonds is 13. The predicted molar refractivity (Wildman–Crippen MR) is 155 cm³/mol. The van der Waals surface area contributed by atoms with Gasteiger partial charge in [-0.3, -0.25) is 4.72 Å². The maximum Gasteiger partial charge on any atom is 0.265 e. The first-order valence-corrected chi connectivity index (χ1v) is 17.7. The van der Waals surface area contributed by atoms with Crippen molar-refractivity contribution in [3.8, 4) is 11.5 Å². The number of methoxy groups -OCH3 is 1. The fourth-order valence-electron chi connectivity index (χ4n) is 3.90. The average molecular weight is 649 g/mol. The van der Waals surface area contributed by atoms with Gasteiger partial charge in [0.2, 0.25) is 20.0 Å². The number of benzene rings is 3. The van der Waals surface area contributed by atoms with E-state index in [4.69, 9.17) is 20.2 Å². The molecule has 17 heteroatoms. The summed E-state index contributed by atoms with van der Waals surface area (Å²) in [7, 11) is -5.22. The highest BCUT2D eigenvalue weighted by atomic mass is 35.7. The van der Waals surface area contributed by atoms with Gasteiger partial charge in [-0.1, -0.05) is 26.0 Å². The molecule has 0 aliphatic rings. The van der Waals surface area contributed by atoms with Gasteiger partial charge in [0, 0.05) is 41.7 Å². The molecule has 13 nitrogen and oxygen atoms in total. The second-order valence-corrected chi connectivity index (χ2v) is 14.7. The molecule has 0 spiro atoms. The van der Waals surface area contributed by atoms with Crippen LogP contribution >= 0.6 is 10.7 Å². The van der Waals surface area contributed by atoms with Gasteiger partial charge in [-0.2, -0.15) is 9.42 Å². The number of fused-ring (bicyclic) bond motifs is 1. The Kier molecular flexibility index (Phi) is 10.2. The Labute approximate surface area is 243 Å². The highest BCUT2D eigenvalue weighted by Crippen LogP contribution is 2.43. The van der Waals surface area contributed by atoms with Crippen molar-refractivity contribution in [1.82, 2.24) is 4.31 Å². The molecular weight excluding hydrogens is 620 g/mol. The Balaban J connectivity index is 2.28. The number of phenolic OH excluding ortho intramolecular Hbond substituents is 1. The molecule has 3 rings (SSSR count). The van der Waals surface area contributed by atoms with Gasteiger partial charge in [0.05, 0.1) is 29.9 Å². The lowest BCUT2D eigenvalue weighted by molar-refractivity contribution is 0.144. The number of hydrogen-bond acceptors (Lipinski definition) is 11. The van der Waals surface area contributed by atoms with Crippen LogP contribution < -0.4 is 9.46 Å². The van der Waals surface area contributed by atoms with Crippen molar-refractivity contribution in [2.45, 2.75) is 23.6 Å². The van der Waals surface area contributed by atoms with Gasteiger partial charge in [-0.25, -0.2) is 25.3 Å². The fraction of sp³-hybridized carbons (Fsp3) is 0.333. The summed E-state index contributed by atoms with van der Waals surface area (Å²) in [5, 5.41) is 19.3. The average Bonchev–Trinajstić information content (AvgIpc) is 2.88. The van der Waals surface area contributed by atoms with Gasteiger partial charge in [0.1, 0.15) is 27.9 Å². The number of phenols is 1. The Morgan fingerprint density at radius 3 is 2.22 bits per heavy atom. The molecular formula is C24H29ClN4O9S3. The molecule has 2 N–H and O–H groups in total. The van der Waals surface area contributed by atoms with Crippen molar-refractivity contribution >= 4 is 67.6 Å². The van der Waals surface area contributed by atoms with E-state index in [0.29, 0.717) is 0 Å². The molecule has 0 aliphatic carbocycles. The Morgan fingerprint density at radius 2 is 1.63 bits per heavy atom. The number of nitrogens with one attached hydrogen (secondary N) is 1. The maximum atomic E-state index is 13.4. The summed E-state index contributed by atoms with van der Waals surface area (Å²) in [6.45, 7) is 3.77. The van der Waals surface area contributed by atoms with Gasteiger partial charge in [0.25, 0.3) is 9.05 Å². The molecule has 224 valence electrons. The SMILES string of the molecule is CCN(CC)S(=O)(=O)c1cc(/N=N/c2ccc(OCCOC)c(S(=O)(=O)Cl)c2)c2c(NS(C)(=O)=O)cccc2c1O. The third-order valence-electron chi connectivity index (χ3n) is 5.70. The monoisotopic (exact) mass is 648 g/mol. The molecule has 0 saturated heterocycles. The molecule has 0 aliphatic heterocycles. The van der Waals surface area contributed by atoms with Crippen molar-refractivity contribution in [3.05, 3.63) is 42.5 Å². The van der Waals surface area contributed by atoms with Crippen molar-refractivity contribution < 1.29 is 39.8 Å². The smallest absolute Gasteiger partial charge is 0.265 e. The van der Waals surface area contributed by atoms with E-state index in [2.05, 4.69) is 15.0 Å². The van der Waals surface area contributed by atoms with E-state index in [1.54, 1.807) is 13.8 Å². The van der Waals surface area contributed by atoms with Crippen LogP contribution in [0.15, 0.2) is 62.5 Å². The number of ether oxygens (including phenoxy) is 2. The summed E-state index contributed by atoms with van der Waals surface area (Å²) in [5.41, 5.74) is -0.107. The van der Waals surface area contributed by atoms with E-state index in [1.165, 1.54) is 37.4 Å². The third-order valence-corrected chi connectivity index (χ3v) is 9.70. The Hall–Kier alpha value is -3.02.